The van der Waals surface area contributed by atoms with Crippen LogP contribution in [0.3, 0.4) is 0 Å². The van der Waals surface area contributed by atoms with Gasteiger partial charge in [0.25, 0.3) is 0 Å². The summed E-state index contributed by atoms with van der Waals surface area (Å²) in [6, 6.07) is 14.8. The molecule has 27 heavy (non-hydrogen) atoms. The van der Waals surface area contributed by atoms with Crippen molar-refractivity contribution in [2.75, 3.05) is 12.4 Å². The predicted molar refractivity (Wildman–Crippen MR) is 99.9 cm³/mol. The van der Waals surface area contributed by atoms with E-state index in [0.717, 1.165) is 5.56 Å². The summed E-state index contributed by atoms with van der Waals surface area (Å²) in [7, 11) is 1.23. The van der Waals surface area contributed by atoms with Crippen LogP contribution in [-0.4, -0.2) is 25.1 Å². The largest absolute Gasteiger partial charge is 0.467 e. The van der Waals surface area contributed by atoms with Gasteiger partial charge in [-0.2, -0.15) is 0 Å². The third kappa shape index (κ3) is 6.14. The smallest absolute Gasteiger partial charge is 0.408 e. The lowest BCUT2D eigenvalue weighted by Gasteiger charge is -2.17. The van der Waals surface area contributed by atoms with Gasteiger partial charge in [0.2, 0.25) is 5.91 Å². The van der Waals surface area contributed by atoms with Gasteiger partial charge >= 0.3 is 12.1 Å². The van der Waals surface area contributed by atoms with E-state index in [-0.39, 0.29) is 12.5 Å². The molecule has 0 aliphatic carbocycles. The number of esters is 1. The first-order chi connectivity index (χ1) is 13.0. The van der Waals surface area contributed by atoms with Crippen LogP contribution < -0.4 is 10.6 Å². The van der Waals surface area contributed by atoms with E-state index in [2.05, 4.69) is 10.6 Å². The molecule has 0 radical (unpaired) electrons. The van der Waals surface area contributed by atoms with Crippen molar-refractivity contribution in [2.24, 2.45) is 0 Å². The number of hydrogen-bond acceptors (Lipinski definition) is 5. The Morgan fingerprint density at radius 3 is 2.44 bits per heavy atom. The third-order valence-corrected chi connectivity index (χ3v) is 3.74. The van der Waals surface area contributed by atoms with Crippen molar-refractivity contribution >= 4 is 23.7 Å². The van der Waals surface area contributed by atoms with Crippen LogP contribution in [0.2, 0.25) is 0 Å². The van der Waals surface area contributed by atoms with Crippen LogP contribution in [0, 0.1) is 0 Å². The minimum atomic E-state index is -1.06. The number of methoxy groups -OCH3 is 1. The number of benzene rings is 2. The van der Waals surface area contributed by atoms with E-state index in [1.807, 2.05) is 30.3 Å². The van der Waals surface area contributed by atoms with Crippen LogP contribution in [0.25, 0.3) is 0 Å². The molecule has 0 bridgehead atoms. The lowest BCUT2D eigenvalue weighted by Crippen LogP contribution is -2.35. The fourth-order valence-electron chi connectivity index (χ4n) is 2.32. The van der Waals surface area contributed by atoms with Crippen LogP contribution in [0.5, 0.6) is 0 Å². The van der Waals surface area contributed by atoms with Gasteiger partial charge in [0, 0.05) is 12.1 Å². The Morgan fingerprint density at radius 2 is 1.78 bits per heavy atom. The van der Waals surface area contributed by atoms with Crippen molar-refractivity contribution in [2.45, 2.75) is 26.0 Å². The number of hydrogen-bond donors (Lipinski definition) is 2. The zero-order valence-corrected chi connectivity index (χ0v) is 15.2. The summed E-state index contributed by atoms with van der Waals surface area (Å²) in [6.45, 7) is 1.81. The Labute approximate surface area is 157 Å². The lowest BCUT2D eigenvalue weighted by atomic mass is 10.1. The summed E-state index contributed by atoms with van der Waals surface area (Å²) in [5, 5.41) is 5.21. The van der Waals surface area contributed by atoms with Gasteiger partial charge in [-0.15, -0.1) is 0 Å². The molecular formula is C20H22N2O5. The monoisotopic (exact) mass is 370 g/mol. The molecule has 7 heteroatoms. The Balaban J connectivity index is 2.08. The van der Waals surface area contributed by atoms with E-state index >= 15 is 0 Å². The molecule has 0 saturated heterocycles. The topological polar surface area (TPSA) is 93.7 Å². The SMILES string of the molecule is CCC(=O)Nc1cccc([C@H](NC(=O)OCc2ccccc2)C(=O)OC)c1. The number of amides is 2. The van der Waals surface area contributed by atoms with Crippen molar-refractivity contribution in [3.8, 4) is 0 Å². The average Bonchev–Trinajstić information content (AvgIpc) is 2.70. The molecule has 7 nitrogen and oxygen atoms in total. The molecule has 142 valence electrons. The van der Waals surface area contributed by atoms with E-state index in [1.165, 1.54) is 7.11 Å². The Kier molecular flexibility index (Phi) is 7.37. The Morgan fingerprint density at radius 1 is 1.04 bits per heavy atom. The maximum Gasteiger partial charge on any atom is 0.408 e. The summed E-state index contributed by atoms with van der Waals surface area (Å²) in [5.74, 6) is -0.803. The van der Waals surface area contributed by atoms with E-state index in [9.17, 15) is 14.4 Å². The van der Waals surface area contributed by atoms with Gasteiger partial charge in [-0.3, -0.25) is 4.79 Å². The maximum absolute atomic E-state index is 12.1. The van der Waals surface area contributed by atoms with E-state index in [0.29, 0.717) is 17.7 Å². The second-order valence-electron chi connectivity index (χ2n) is 5.69. The highest BCUT2D eigenvalue weighted by Gasteiger charge is 2.24. The molecule has 0 saturated carbocycles. The molecule has 2 amide bonds. The van der Waals surface area contributed by atoms with Gasteiger partial charge in [0.1, 0.15) is 6.61 Å². The number of nitrogens with one attached hydrogen (secondary N) is 2. The highest BCUT2D eigenvalue weighted by Crippen LogP contribution is 2.19. The number of carbonyl (C=O) groups is 3. The van der Waals surface area contributed by atoms with Crippen LogP contribution in [0.15, 0.2) is 54.6 Å². The van der Waals surface area contributed by atoms with Gasteiger partial charge in [-0.25, -0.2) is 9.59 Å². The summed E-state index contributed by atoms with van der Waals surface area (Å²) >= 11 is 0. The first-order valence-corrected chi connectivity index (χ1v) is 8.48. The molecule has 0 unspecified atom stereocenters. The Hall–Kier alpha value is -3.35. The second kappa shape index (κ2) is 9.96. The number of anilines is 1. The molecule has 0 aliphatic heterocycles. The normalized spacial score (nSPS) is 11.2. The highest BCUT2D eigenvalue weighted by atomic mass is 16.6. The molecule has 2 N–H and O–H groups in total. The predicted octanol–water partition coefficient (Wildman–Crippen LogP) is 3.18. The minimum Gasteiger partial charge on any atom is -0.467 e. The summed E-state index contributed by atoms with van der Waals surface area (Å²) in [5.41, 5.74) is 1.81. The highest BCUT2D eigenvalue weighted by molar-refractivity contribution is 5.91. The first-order valence-electron chi connectivity index (χ1n) is 8.48. The molecular weight excluding hydrogens is 348 g/mol. The molecule has 0 aromatic heterocycles. The van der Waals surface area contributed by atoms with Crippen molar-refractivity contribution in [3.63, 3.8) is 0 Å². The van der Waals surface area contributed by atoms with Crippen molar-refractivity contribution in [1.82, 2.24) is 5.32 Å². The summed E-state index contributed by atoms with van der Waals surface area (Å²) < 4.78 is 9.94. The number of ether oxygens (including phenoxy) is 2. The van der Waals surface area contributed by atoms with E-state index < -0.39 is 18.1 Å². The molecule has 0 aliphatic rings. The molecule has 1 atom stereocenters. The van der Waals surface area contributed by atoms with Gasteiger partial charge < -0.3 is 20.1 Å². The molecule has 2 rings (SSSR count). The first kappa shape index (κ1) is 20.0. The summed E-state index contributed by atoms with van der Waals surface area (Å²) in [4.78, 5) is 35.8. The Bertz CT molecular complexity index is 792. The van der Waals surface area contributed by atoms with Gasteiger partial charge in [-0.05, 0) is 23.3 Å². The van der Waals surface area contributed by atoms with E-state index in [1.54, 1.807) is 31.2 Å². The summed E-state index contributed by atoms with van der Waals surface area (Å²) in [6.07, 6.45) is -0.424. The fraction of sp³-hybridized carbons (Fsp3) is 0.250. The van der Waals surface area contributed by atoms with Crippen molar-refractivity contribution in [1.29, 1.82) is 0 Å². The van der Waals surface area contributed by atoms with Crippen LogP contribution in [-0.2, 0) is 25.7 Å². The minimum absolute atomic E-state index is 0.0766. The van der Waals surface area contributed by atoms with Crippen molar-refractivity contribution in [3.05, 3.63) is 65.7 Å². The quantitative estimate of drug-likeness (QED) is 0.730. The lowest BCUT2D eigenvalue weighted by molar-refractivity contribution is -0.143. The molecule has 2 aromatic rings. The van der Waals surface area contributed by atoms with Crippen LogP contribution >= 0.6 is 0 Å². The van der Waals surface area contributed by atoms with E-state index in [4.69, 9.17) is 9.47 Å². The number of carbonyl (C=O) groups excluding carboxylic acids is 3. The van der Waals surface area contributed by atoms with Crippen molar-refractivity contribution < 1.29 is 23.9 Å². The average molecular weight is 370 g/mol. The van der Waals surface area contributed by atoms with Gasteiger partial charge in [0.15, 0.2) is 6.04 Å². The maximum atomic E-state index is 12.1. The van der Waals surface area contributed by atoms with Gasteiger partial charge in [-0.1, -0.05) is 49.4 Å². The zero-order chi connectivity index (χ0) is 19.6. The van der Waals surface area contributed by atoms with Gasteiger partial charge in [0.05, 0.1) is 7.11 Å². The van der Waals surface area contributed by atoms with Crippen LogP contribution in [0.1, 0.15) is 30.5 Å². The molecule has 2 aromatic carbocycles. The molecule has 0 fully saturated rings. The standard InChI is InChI=1S/C20H22N2O5/c1-3-17(23)21-16-11-7-10-15(12-16)18(19(24)26-2)22-20(25)27-13-14-8-5-4-6-9-14/h4-12,18H,3,13H2,1-2H3,(H,21,23)(H,22,25)/t18-/m0/s1. The third-order valence-electron chi connectivity index (χ3n) is 3.74. The second-order valence-corrected chi connectivity index (χ2v) is 5.69. The number of alkyl carbamates (subject to hydrolysis) is 1. The number of rotatable bonds is 7. The van der Waals surface area contributed by atoms with Crippen LogP contribution in [0.4, 0.5) is 10.5 Å². The fourth-order valence-corrected chi connectivity index (χ4v) is 2.32. The zero-order valence-electron chi connectivity index (χ0n) is 15.2. The molecule has 0 spiro atoms. The molecule has 0 heterocycles.